The minimum atomic E-state index is -3.43. The van der Waals surface area contributed by atoms with Gasteiger partial charge in [0.05, 0.1) is 31.1 Å². The Morgan fingerprint density at radius 1 is 1.14 bits per heavy atom. The summed E-state index contributed by atoms with van der Waals surface area (Å²) in [5.74, 6) is 0. The average Bonchev–Trinajstić information content (AvgIpc) is 3.07. The van der Waals surface area contributed by atoms with Gasteiger partial charge in [0, 0.05) is 6.54 Å². The fourth-order valence-electron chi connectivity index (χ4n) is 4.13. The summed E-state index contributed by atoms with van der Waals surface area (Å²) in [6, 6.07) is 5.70. The topological polar surface area (TPSA) is 64.6 Å². The van der Waals surface area contributed by atoms with Crippen molar-refractivity contribution in [3.8, 4) is 0 Å². The van der Waals surface area contributed by atoms with Crippen LogP contribution in [-0.4, -0.2) is 53.2 Å². The Morgan fingerprint density at radius 3 is 2.54 bits per heavy atom. The van der Waals surface area contributed by atoms with Gasteiger partial charge in [-0.2, -0.15) is 14.1 Å². The minimum absolute atomic E-state index is 0.445. The third-order valence-electron chi connectivity index (χ3n) is 5.90. The number of nitrogens with one attached hydrogen (secondary N) is 1. The molecule has 0 atom stereocenters. The van der Waals surface area contributed by atoms with E-state index in [1.165, 1.54) is 22.4 Å². The van der Waals surface area contributed by atoms with Crippen molar-refractivity contribution in [1.82, 2.24) is 18.7 Å². The number of fused-ring (bicyclic) bond motifs is 1. The number of hydrogen-bond acceptors (Lipinski definition) is 4. The highest BCUT2D eigenvalue weighted by Gasteiger charge is 2.31. The number of piperazine rings is 1. The normalized spacial score (nSPS) is 18.9. The fourth-order valence-corrected chi connectivity index (χ4v) is 5.91. The quantitative estimate of drug-likeness (QED) is 0.726. The smallest absolute Gasteiger partial charge is 0.243 e. The van der Waals surface area contributed by atoms with Crippen molar-refractivity contribution < 1.29 is 13.3 Å². The highest BCUT2D eigenvalue weighted by Crippen LogP contribution is 2.25. The second-order valence-electron chi connectivity index (χ2n) is 7.65. The van der Waals surface area contributed by atoms with Crippen LogP contribution in [0.1, 0.15) is 30.9 Å². The Bertz CT molecular complexity index is 1000. The van der Waals surface area contributed by atoms with E-state index in [2.05, 4.69) is 5.10 Å². The predicted octanol–water partition coefficient (Wildman–Crippen LogP) is 0.860. The van der Waals surface area contributed by atoms with E-state index in [0.29, 0.717) is 24.7 Å². The molecule has 0 spiro atoms. The third-order valence-corrected chi connectivity index (χ3v) is 8.24. The third kappa shape index (κ3) is 3.80. The molecule has 1 aliphatic heterocycles. The zero-order valence-corrected chi connectivity index (χ0v) is 17.9. The molecule has 9 heteroatoms. The molecule has 1 N–H and O–H groups in total. The molecule has 0 bridgehead atoms. The Labute approximate surface area is 171 Å². The molecular weight excluding hydrogens is 394 g/mol. The van der Waals surface area contributed by atoms with Gasteiger partial charge < -0.3 is 9.47 Å². The number of quaternary nitrogens is 1. The molecule has 1 aliphatic carbocycles. The molecule has 0 saturated carbocycles. The largest absolute Gasteiger partial charge is 0.314 e. The van der Waals surface area contributed by atoms with Crippen LogP contribution in [0.2, 0.25) is 0 Å². The molecule has 4 rings (SSSR count). The summed E-state index contributed by atoms with van der Waals surface area (Å²) in [6.07, 6.45) is 6.16. The van der Waals surface area contributed by atoms with E-state index in [4.69, 9.17) is 12.2 Å². The molecule has 1 saturated heterocycles. The van der Waals surface area contributed by atoms with E-state index in [9.17, 15) is 8.42 Å². The lowest BCUT2D eigenvalue weighted by Gasteiger charge is -2.31. The van der Waals surface area contributed by atoms with Crippen molar-refractivity contribution >= 4 is 22.2 Å². The zero-order valence-electron chi connectivity index (χ0n) is 16.3. The van der Waals surface area contributed by atoms with Gasteiger partial charge in [-0.25, -0.2) is 8.42 Å². The zero-order chi connectivity index (χ0) is 19.7. The number of benzene rings is 1. The second-order valence-corrected chi connectivity index (χ2v) is 9.95. The average molecular weight is 423 g/mol. The summed E-state index contributed by atoms with van der Waals surface area (Å²) < 4.78 is 32.3. The summed E-state index contributed by atoms with van der Waals surface area (Å²) >= 11 is 5.43. The maximum absolute atomic E-state index is 13.1. The number of aryl methyl sites for hydroxylation is 3. The highest BCUT2D eigenvalue weighted by molar-refractivity contribution is 7.89. The van der Waals surface area contributed by atoms with Gasteiger partial charge in [-0.05, 0) is 68.1 Å². The number of hydrogen-bond donors (Lipinski definition) is 1. The lowest BCUT2D eigenvalue weighted by molar-refractivity contribution is -0.926. The van der Waals surface area contributed by atoms with Crippen LogP contribution in [0.15, 0.2) is 29.4 Å². The Morgan fingerprint density at radius 2 is 1.86 bits per heavy atom. The first kappa shape index (κ1) is 19.8. The molecule has 1 aromatic heterocycles. The van der Waals surface area contributed by atoms with Gasteiger partial charge in [-0.15, -0.1) is 0 Å². The van der Waals surface area contributed by atoms with Gasteiger partial charge in [0.1, 0.15) is 6.33 Å². The number of nitrogens with zero attached hydrogens (tertiary/aromatic N) is 4. The summed E-state index contributed by atoms with van der Waals surface area (Å²) in [7, 11) is -3.43. The van der Waals surface area contributed by atoms with Crippen molar-refractivity contribution in [3.63, 3.8) is 0 Å². The van der Waals surface area contributed by atoms with E-state index in [-0.39, 0.29) is 0 Å². The molecule has 152 valence electrons. The van der Waals surface area contributed by atoms with Crippen LogP contribution in [-0.2, 0) is 36.1 Å². The van der Waals surface area contributed by atoms with Crippen LogP contribution >= 0.6 is 12.2 Å². The summed E-state index contributed by atoms with van der Waals surface area (Å²) in [5.41, 5.74) is 2.51. The van der Waals surface area contributed by atoms with E-state index >= 15 is 0 Å². The molecule has 0 radical (unpaired) electrons. The molecule has 0 unspecified atom stereocenters. The molecule has 28 heavy (non-hydrogen) atoms. The Balaban J connectivity index is 1.42. The van der Waals surface area contributed by atoms with Crippen LogP contribution in [0.5, 0.6) is 0 Å². The van der Waals surface area contributed by atoms with Crippen molar-refractivity contribution in [2.24, 2.45) is 0 Å². The second kappa shape index (κ2) is 8.06. The molecule has 7 nitrogen and oxygen atoms in total. The molecule has 2 heterocycles. The van der Waals surface area contributed by atoms with Crippen LogP contribution in [0.25, 0.3) is 0 Å². The molecular formula is C19H28N5O2S2+. The molecule has 1 aromatic carbocycles. The predicted molar refractivity (Wildman–Crippen MR) is 109 cm³/mol. The molecule has 0 amide bonds. The summed E-state index contributed by atoms with van der Waals surface area (Å²) in [6.45, 7) is 6.08. The van der Waals surface area contributed by atoms with Gasteiger partial charge in [0.15, 0.2) is 6.67 Å². The number of sulfonamides is 1. The molecule has 2 aliphatic rings. The van der Waals surface area contributed by atoms with Crippen molar-refractivity contribution in [3.05, 3.63) is 40.4 Å². The monoisotopic (exact) mass is 422 g/mol. The first-order valence-electron chi connectivity index (χ1n) is 10.1. The SMILES string of the molecule is CCn1cnn(C[NH+]2CCN(S(=O)(=O)c3ccc4c(c3)CCCC4)CC2)c1=S. The van der Waals surface area contributed by atoms with Gasteiger partial charge in [0.2, 0.25) is 14.8 Å². The lowest BCUT2D eigenvalue weighted by Crippen LogP contribution is -3.14. The maximum Gasteiger partial charge on any atom is 0.243 e. The van der Waals surface area contributed by atoms with E-state index in [1.807, 2.05) is 28.3 Å². The van der Waals surface area contributed by atoms with Crippen LogP contribution in [0, 0.1) is 4.77 Å². The van der Waals surface area contributed by atoms with Gasteiger partial charge in [-0.1, -0.05) is 6.07 Å². The van der Waals surface area contributed by atoms with Crippen molar-refractivity contribution in [2.45, 2.75) is 50.7 Å². The summed E-state index contributed by atoms with van der Waals surface area (Å²) in [5, 5.41) is 4.36. The van der Waals surface area contributed by atoms with Crippen molar-refractivity contribution in [2.75, 3.05) is 26.2 Å². The van der Waals surface area contributed by atoms with Crippen molar-refractivity contribution in [1.29, 1.82) is 0 Å². The van der Waals surface area contributed by atoms with E-state index in [1.54, 1.807) is 16.7 Å². The molecule has 1 fully saturated rings. The van der Waals surface area contributed by atoms with Crippen LogP contribution < -0.4 is 4.90 Å². The van der Waals surface area contributed by atoms with Gasteiger partial charge in [-0.3, -0.25) is 0 Å². The van der Waals surface area contributed by atoms with E-state index in [0.717, 1.165) is 43.7 Å². The maximum atomic E-state index is 13.1. The Kier molecular flexibility index (Phi) is 5.69. The highest BCUT2D eigenvalue weighted by atomic mass is 32.2. The first-order valence-corrected chi connectivity index (χ1v) is 11.9. The van der Waals surface area contributed by atoms with Gasteiger partial charge >= 0.3 is 0 Å². The van der Waals surface area contributed by atoms with E-state index < -0.39 is 10.0 Å². The fraction of sp³-hybridized carbons (Fsp3) is 0.579. The number of aromatic nitrogens is 3. The van der Waals surface area contributed by atoms with Crippen LogP contribution in [0.4, 0.5) is 0 Å². The number of rotatable bonds is 5. The van der Waals surface area contributed by atoms with Gasteiger partial charge in [0.25, 0.3) is 0 Å². The Hall–Kier alpha value is -1.55. The lowest BCUT2D eigenvalue weighted by atomic mass is 9.92. The standard InChI is InChI=1S/C19H27N5O2S2/c1-2-22-14-20-24(19(22)27)15-21-9-11-23(12-10-21)28(25,26)18-8-7-16-5-3-4-6-17(16)13-18/h7-8,13-14H,2-6,9-12,15H2,1H3/p+1. The molecule has 2 aromatic rings. The minimum Gasteiger partial charge on any atom is -0.314 e. The van der Waals surface area contributed by atoms with Crippen LogP contribution in [0.3, 0.4) is 0 Å². The first-order chi connectivity index (χ1) is 13.5. The summed E-state index contributed by atoms with van der Waals surface area (Å²) in [4.78, 5) is 1.75.